The second kappa shape index (κ2) is 8.57. The van der Waals surface area contributed by atoms with Gasteiger partial charge < -0.3 is 9.14 Å². The Kier molecular flexibility index (Phi) is 5.19. The van der Waals surface area contributed by atoms with E-state index in [1.54, 1.807) is 23.6 Å². The number of nitriles is 1. The van der Waals surface area contributed by atoms with Crippen molar-refractivity contribution in [3.63, 3.8) is 0 Å². The van der Waals surface area contributed by atoms with Gasteiger partial charge in [0, 0.05) is 35.9 Å². The average molecular weight is 497 g/mol. The van der Waals surface area contributed by atoms with Crippen LogP contribution in [0.15, 0.2) is 64.0 Å². The molecule has 0 aliphatic carbocycles. The number of allylic oxidation sites excluding steroid dienone is 1. The number of nitrogens with one attached hydrogen (secondary N) is 1. The predicted molar refractivity (Wildman–Crippen MR) is 129 cm³/mol. The SMILES string of the molecule is C/C(=C1/c2ccc(Cc3c(C#N)nc4cc(F)ccn34)cc2COc2cc(F)ccc21)c1noc(=O)[nH]1. The van der Waals surface area contributed by atoms with E-state index in [-0.39, 0.29) is 18.1 Å². The van der Waals surface area contributed by atoms with Gasteiger partial charge in [0.1, 0.15) is 35.7 Å². The summed E-state index contributed by atoms with van der Waals surface area (Å²) in [5.41, 5.74) is 5.66. The van der Waals surface area contributed by atoms with Crippen molar-refractivity contribution >= 4 is 16.8 Å². The number of ether oxygens (including phenoxy) is 1. The van der Waals surface area contributed by atoms with Crippen LogP contribution in [0.25, 0.3) is 16.8 Å². The number of pyridine rings is 1. The molecule has 10 heteroatoms. The summed E-state index contributed by atoms with van der Waals surface area (Å²) in [4.78, 5) is 18.4. The predicted octanol–water partition coefficient (Wildman–Crippen LogP) is 4.62. The Bertz CT molecular complexity index is 1840. The molecule has 182 valence electrons. The van der Waals surface area contributed by atoms with Gasteiger partial charge in [0.2, 0.25) is 0 Å². The van der Waals surface area contributed by atoms with E-state index >= 15 is 0 Å². The summed E-state index contributed by atoms with van der Waals surface area (Å²) in [7, 11) is 0. The number of H-pyrrole nitrogens is 1. The number of imidazole rings is 1. The fourth-order valence-electron chi connectivity index (χ4n) is 4.68. The molecule has 1 aliphatic rings. The number of aromatic nitrogens is 4. The average Bonchev–Trinajstić information content (AvgIpc) is 3.42. The van der Waals surface area contributed by atoms with E-state index in [4.69, 9.17) is 9.26 Å². The molecule has 1 aliphatic heterocycles. The molecule has 3 aromatic heterocycles. The molecular weight excluding hydrogens is 480 g/mol. The number of hydrogen-bond acceptors (Lipinski definition) is 6. The van der Waals surface area contributed by atoms with Gasteiger partial charge in [0.05, 0.1) is 5.69 Å². The van der Waals surface area contributed by atoms with Crippen LogP contribution in [0.5, 0.6) is 5.75 Å². The minimum Gasteiger partial charge on any atom is -0.488 e. The summed E-state index contributed by atoms with van der Waals surface area (Å²) in [6.45, 7) is 1.95. The van der Waals surface area contributed by atoms with E-state index in [0.29, 0.717) is 40.2 Å². The number of rotatable bonds is 3. The van der Waals surface area contributed by atoms with E-state index in [0.717, 1.165) is 16.7 Å². The van der Waals surface area contributed by atoms with Crippen molar-refractivity contribution < 1.29 is 18.0 Å². The molecule has 8 nitrogen and oxygen atoms in total. The second-order valence-electron chi connectivity index (χ2n) is 8.63. The first kappa shape index (κ1) is 22.4. The Hall–Kier alpha value is -5.04. The van der Waals surface area contributed by atoms with Crippen LogP contribution in [-0.4, -0.2) is 19.5 Å². The van der Waals surface area contributed by atoms with Gasteiger partial charge in [-0.15, -0.1) is 0 Å². The number of aromatic amines is 1. The smallest absolute Gasteiger partial charge is 0.439 e. The van der Waals surface area contributed by atoms with Crippen LogP contribution in [-0.2, 0) is 13.0 Å². The minimum atomic E-state index is -0.684. The van der Waals surface area contributed by atoms with Gasteiger partial charge >= 0.3 is 5.76 Å². The maximum Gasteiger partial charge on any atom is 0.439 e. The van der Waals surface area contributed by atoms with Crippen molar-refractivity contribution in [2.24, 2.45) is 0 Å². The standard InChI is InChI=1S/C27H17F2N5O3/c1-14(26-32-27(35)37-33-26)25-19-4-2-15(8-16(19)13-36-23-10-17(28)3-5-20(23)25)9-22-21(12-30)31-24-11-18(29)6-7-34(22)24/h2-8,10-11H,9,13H2,1H3,(H,32,33,35)/b25-14+. The monoisotopic (exact) mass is 497 g/mol. The summed E-state index contributed by atoms with van der Waals surface area (Å²) in [5.74, 6) is -0.950. The zero-order valence-electron chi connectivity index (χ0n) is 19.4. The van der Waals surface area contributed by atoms with E-state index < -0.39 is 17.4 Å². The van der Waals surface area contributed by atoms with Crippen molar-refractivity contribution in [1.29, 1.82) is 5.26 Å². The van der Waals surface area contributed by atoms with Crippen molar-refractivity contribution in [3.05, 3.63) is 116 Å². The maximum atomic E-state index is 14.1. The first-order valence-corrected chi connectivity index (χ1v) is 11.3. The van der Waals surface area contributed by atoms with E-state index in [1.807, 2.05) is 18.2 Å². The molecule has 0 fully saturated rings. The van der Waals surface area contributed by atoms with Crippen LogP contribution in [0.4, 0.5) is 8.78 Å². The van der Waals surface area contributed by atoms with Gasteiger partial charge in [-0.05, 0) is 47.4 Å². The molecule has 37 heavy (non-hydrogen) atoms. The maximum absolute atomic E-state index is 14.1. The fraction of sp³-hybridized carbons (Fsp3) is 0.111. The van der Waals surface area contributed by atoms with Gasteiger partial charge in [0.25, 0.3) is 0 Å². The Morgan fingerprint density at radius 2 is 1.95 bits per heavy atom. The zero-order chi connectivity index (χ0) is 25.7. The first-order valence-electron chi connectivity index (χ1n) is 11.3. The summed E-state index contributed by atoms with van der Waals surface area (Å²) in [6, 6.07) is 14.7. The third-order valence-electron chi connectivity index (χ3n) is 6.37. The van der Waals surface area contributed by atoms with Gasteiger partial charge in [0.15, 0.2) is 11.5 Å². The minimum absolute atomic E-state index is 0.162. The number of nitrogens with zero attached hydrogens (tertiary/aromatic N) is 4. The number of fused-ring (bicyclic) bond motifs is 3. The van der Waals surface area contributed by atoms with Crippen LogP contribution >= 0.6 is 0 Å². The Balaban J connectivity index is 1.49. The van der Waals surface area contributed by atoms with Crippen LogP contribution < -0.4 is 10.5 Å². The third kappa shape index (κ3) is 3.87. The molecule has 0 bridgehead atoms. The first-order chi connectivity index (χ1) is 17.9. The quantitative estimate of drug-likeness (QED) is 0.390. The number of benzene rings is 2. The highest BCUT2D eigenvalue weighted by Crippen LogP contribution is 2.41. The third-order valence-corrected chi connectivity index (χ3v) is 6.37. The summed E-state index contributed by atoms with van der Waals surface area (Å²) in [6.07, 6.45) is 1.91. The lowest BCUT2D eigenvalue weighted by atomic mass is 9.89. The Morgan fingerprint density at radius 1 is 1.14 bits per heavy atom. The summed E-state index contributed by atoms with van der Waals surface area (Å²) >= 11 is 0. The molecule has 0 radical (unpaired) electrons. The fourth-order valence-corrected chi connectivity index (χ4v) is 4.68. The Labute approximate surface area is 208 Å². The lowest BCUT2D eigenvalue weighted by Crippen LogP contribution is -2.02. The van der Waals surface area contributed by atoms with Gasteiger partial charge in [-0.3, -0.25) is 9.51 Å². The van der Waals surface area contributed by atoms with Crippen LogP contribution in [0.2, 0.25) is 0 Å². The lowest BCUT2D eigenvalue weighted by molar-refractivity contribution is 0.305. The molecule has 0 saturated carbocycles. The van der Waals surface area contributed by atoms with Crippen molar-refractivity contribution in [2.45, 2.75) is 20.0 Å². The molecule has 0 unspecified atom stereocenters. The zero-order valence-corrected chi connectivity index (χ0v) is 19.4. The van der Waals surface area contributed by atoms with E-state index in [9.17, 15) is 18.8 Å². The van der Waals surface area contributed by atoms with Crippen molar-refractivity contribution in [3.8, 4) is 11.8 Å². The highest BCUT2D eigenvalue weighted by atomic mass is 19.1. The molecule has 0 saturated heterocycles. The van der Waals surface area contributed by atoms with Gasteiger partial charge in [-0.25, -0.2) is 18.6 Å². The molecule has 0 amide bonds. The summed E-state index contributed by atoms with van der Waals surface area (Å²) < 4.78 is 40.2. The molecule has 2 aromatic carbocycles. The highest BCUT2D eigenvalue weighted by molar-refractivity contribution is 5.99. The molecule has 5 aromatic rings. The second-order valence-corrected chi connectivity index (χ2v) is 8.63. The highest BCUT2D eigenvalue weighted by Gasteiger charge is 2.24. The van der Waals surface area contributed by atoms with Gasteiger partial charge in [-0.2, -0.15) is 5.26 Å². The van der Waals surface area contributed by atoms with Crippen molar-refractivity contribution in [2.75, 3.05) is 0 Å². The number of halogens is 2. The molecule has 0 spiro atoms. The van der Waals surface area contributed by atoms with E-state index in [1.165, 1.54) is 24.3 Å². The lowest BCUT2D eigenvalue weighted by Gasteiger charge is -2.14. The summed E-state index contributed by atoms with van der Waals surface area (Å²) in [5, 5.41) is 13.4. The van der Waals surface area contributed by atoms with Gasteiger partial charge in [-0.1, -0.05) is 23.4 Å². The molecule has 0 atom stereocenters. The van der Waals surface area contributed by atoms with E-state index in [2.05, 4.69) is 21.2 Å². The molecular formula is C27H17F2N5O3. The van der Waals surface area contributed by atoms with Crippen LogP contribution in [0, 0.1) is 23.0 Å². The largest absolute Gasteiger partial charge is 0.488 e. The topological polar surface area (TPSA) is 109 Å². The molecule has 6 rings (SSSR count). The number of hydrogen-bond donors (Lipinski definition) is 1. The van der Waals surface area contributed by atoms with Crippen LogP contribution in [0.3, 0.4) is 0 Å². The molecule has 1 N–H and O–H groups in total. The Morgan fingerprint density at radius 3 is 2.73 bits per heavy atom. The van der Waals surface area contributed by atoms with Crippen molar-refractivity contribution in [1.82, 2.24) is 19.5 Å². The van der Waals surface area contributed by atoms with Crippen LogP contribution in [0.1, 0.15) is 46.4 Å². The normalized spacial score (nSPS) is 13.9. The molecule has 4 heterocycles.